The number of nitrogens with one attached hydrogen (secondary N) is 1. The highest BCUT2D eigenvalue weighted by molar-refractivity contribution is 5.30. The predicted molar refractivity (Wildman–Crippen MR) is 69.3 cm³/mol. The monoisotopic (exact) mass is 238 g/mol. The van der Waals surface area contributed by atoms with Crippen LogP contribution in [-0.2, 0) is 4.74 Å². The molecule has 3 N–H and O–H groups in total. The van der Waals surface area contributed by atoms with Crippen LogP contribution in [0.5, 0.6) is 5.75 Å². The van der Waals surface area contributed by atoms with Gasteiger partial charge in [-0.15, -0.1) is 0 Å². The zero-order valence-electron chi connectivity index (χ0n) is 10.6. The lowest BCUT2D eigenvalue weighted by molar-refractivity contribution is 0.196. The Morgan fingerprint density at radius 3 is 2.88 bits per heavy atom. The smallest absolute Gasteiger partial charge is 0.119 e. The predicted octanol–water partition coefficient (Wildman–Crippen LogP) is 1.32. The van der Waals surface area contributed by atoms with Crippen molar-refractivity contribution in [1.29, 1.82) is 0 Å². The van der Waals surface area contributed by atoms with Crippen LogP contribution >= 0.6 is 0 Å². The molecule has 0 radical (unpaired) electrons. The number of rotatable bonds is 8. The summed E-state index contributed by atoms with van der Waals surface area (Å²) in [6.07, 6.45) is 0. The van der Waals surface area contributed by atoms with Crippen LogP contribution in [0.3, 0.4) is 0 Å². The summed E-state index contributed by atoms with van der Waals surface area (Å²) in [4.78, 5) is 0. The van der Waals surface area contributed by atoms with Gasteiger partial charge < -0.3 is 20.5 Å². The van der Waals surface area contributed by atoms with Gasteiger partial charge >= 0.3 is 0 Å². The minimum atomic E-state index is 0.144. The zero-order chi connectivity index (χ0) is 12.5. The van der Waals surface area contributed by atoms with Gasteiger partial charge in [0.15, 0.2) is 0 Å². The lowest BCUT2D eigenvalue weighted by atomic mass is 10.1. The van der Waals surface area contributed by atoms with Crippen LogP contribution in [0, 0.1) is 0 Å². The van der Waals surface area contributed by atoms with Crippen LogP contribution in [0.4, 0.5) is 0 Å². The molecule has 0 aliphatic carbocycles. The first-order valence-electron chi connectivity index (χ1n) is 5.97. The molecule has 0 saturated carbocycles. The minimum absolute atomic E-state index is 0.144. The molecule has 0 bridgehead atoms. The molecular weight excluding hydrogens is 216 g/mol. The maximum atomic E-state index is 5.77. The molecule has 1 unspecified atom stereocenters. The van der Waals surface area contributed by atoms with E-state index in [1.807, 2.05) is 25.1 Å². The minimum Gasteiger partial charge on any atom is -0.494 e. The van der Waals surface area contributed by atoms with Crippen LogP contribution in [-0.4, -0.2) is 33.4 Å². The van der Waals surface area contributed by atoms with E-state index in [4.69, 9.17) is 15.2 Å². The number of methoxy groups -OCH3 is 1. The van der Waals surface area contributed by atoms with Crippen molar-refractivity contribution in [2.45, 2.75) is 13.0 Å². The van der Waals surface area contributed by atoms with Crippen LogP contribution in [0.1, 0.15) is 18.5 Å². The molecule has 1 aromatic carbocycles. The Hall–Kier alpha value is -1.10. The first kappa shape index (κ1) is 14.0. The molecule has 0 saturated heterocycles. The van der Waals surface area contributed by atoms with Crippen molar-refractivity contribution in [3.63, 3.8) is 0 Å². The van der Waals surface area contributed by atoms with Gasteiger partial charge in [-0.05, 0) is 24.6 Å². The van der Waals surface area contributed by atoms with Crippen molar-refractivity contribution < 1.29 is 9.47 Å². The summed E-state index contributed by atoms with van der Waals surface area (Å²) in [7, 11) is 1.69. The Bertz CT molecular complexity index is 318. The van der Waals surface area contributed by atoms with E-state index in [2.05, 4.69) is 11.4 Å². The highest BCUT2D eigenvalue weighted by atomic mass is 16.5. The van der Waals surface area contributed by atoms with Crippen molar-refractivity contribution in [1.82, 2.24) is 5.32 Å². The van der Waals surface area contributed by atoms with Gasteiger partial charge in [-0.25, -0.2) is 0 Å². The summed E-state index contributed by atoms with van der Waals surface area (Å²) in [6, 6.07) is 8.17. The third kappa shape index (κ3) is 4.73. The number of benzene rings is 1. The van der Waals surface area contributed by atoms with E-state index in [1.165, 1.54) is 0 Å². The molecule has 0 aliphatic heterocycles. The number of nitrogens with two attached hydrogens (primary N) is 1. The van der Waals surface area contributed by atoms with Crippen molar-refractivity contribution in [3.8, 4) is 5.75 Å². The van der Waals surface area contributed by atoms with E-state index < -0.39 is 0 Å². The van der Waals surface area contributed by atoms with E-state index >= 15 is 0 Å². The Labute approximate surface area is 103 Å². The summed E-state index contributed by atoms with van der Waals surface area (Å²) < 4.78 is 10.5. The normalized spacial score (nSPS) is 12.4. The van der Waals surface area contributed by atoms with Gasteiger partial charge in [0.1, 0.15) is 5.75 Å². The van der Waals surface area contributed by atoms with Crippen molar-refractivity contribution >= 4 is 0 Å². The van der Waals surface area contributed by atoms with Crippen molar-refractivity contribution in [2.24, 2.45) is 5.73 Å². The molecule has 96 valence electrons. The SMILES string of the molecule is CCOc1cccc(C(CN)NCCOC)c1. The van der Waals surface area contributed by atoms with Gasteiger partial charge in [0, 0.05) is 26.2 Å². The standard InChI is InChI=1S/C13H22N2O2/c1-3-17-12-6-4-5-11(9-12)13(10-14)15-7-8-16-2/h4-6,9,13,15H,3,7-8,10,14H2,1-2H3. The molecule has 4 heteroatoms. The molecule has 4 nitrogen and oxygen atoms in total. The van der Waals surface area contributed by atoms with Crippen molar-refractivity contribution in [3.05, 3.63) is 29.8 Å². The molecule has 1 aromatic rings. The average molecular weight is 238 g/mol. The van der Waals surface area contributed by atoms with Gasteiger partial charge in [0.05, 0.1) is 13.2 Å². The Balaban J connectivity index is 2.63. The molecule has 0 spiro atoms. The van der Waals surface area contributed by atoms with Gasteiger partial charge in [-0.1, -0.05) is 12.1 Å². The maximum absolute atomic E-state index is 5.77. The van der Waals surface area contributed by atoms with E-state index in [-0.39, 0.29) is 6.04 Å². The topological polar surface area (TPSA) is 56.5 Å². The van der Waals surface area contributed by atoms with Crippen molar-refractivity contribution in [2.75, 3.05) is 33.4 Å². The summed E-state index contributed by atoms with van der Waals surface area (Å²) in [6.45, 7) is 4.68. The second-order valence-electron chi connectivity index (χ2n) is 3.74. The lowest BCUT2D eigenvalue weighted by Gasteiger charge is -2.17. The van der Waals surface area contributed by atoms with E-state index in [0.717, 1.165) is 17.9 Å². The van der Waals surface area contributed by atoms with E-state index in [1.54, 1.807) is 7.11 Å². The highest BCUT2D eigenvalue weighted by Gasteiger charge is 2.09. The molecule has 0 aliphatic rings. The summed E-state index contributed by atoms with van der Waals surface area (Å²) >= 11 is 0. The second kappa shape index (κ2) is 8.06. The van der Waals surface area contributed by atoms with Crippen LogP contribution < -0.4 is 15.8 Å². The van der Waals surface area contributed by atoms with Crippen LogP contribution in [0.2, 0.25) is 0 Å². The second-order valence-corrected chi connectivity index (χ2v) is 3.74. The Morgan fingerprint density at radius 1 is 1.41 bits per heavy atom. The molecule has 0 amide bonds. The largest absolute Gasteiger partial charge is 0.494 e. The average Bonchev–Trinajstić information content (AvgIpc) is 2.35. The number of hydrogen-bond acceptors (Lipinski definition) is 4. The first-order valence-corrected chi connectivity index (χ1v) is 5.97. The molecule has 1 rings (SSSR count). The summed E-state index contributed by atoms with van der Waals surface area (Å²) in [5.41, 5.74) is 6.91. The van der Waals surface area contributed by atoms with E-state index in [0.29, 0.717) is 19.8 Å². The molecule has 1 atom stereocenters. The first-order chi connectivity index (χ1) is 8.31. The number of ether oxygens (including phenoxy) is 2. The summed E-state index contributed by atoms with van der Waals surface area (Å²) in [5.74, 6) is 0.886. The molecule has 17 heavy (non-hydrogen) atoms. The highest BCUT2D eigenvalue weighted by Crippen LogP contribution is 2.18. The third-order valence-electron chi connectivity index (χ3n) is 2.50. The fraction of sp³-hybridized carbons (Fsp3) is 0.538. The van der Waals surface area contributed by atoms with Crippen LogP contribution in [0.15, 0.2) is 24.3 Å². The Morgan fingerprint density at radius 2 is 2.24 bits per heavy atom. The number of hydrogen-bond donors (Lipinski definition) is 2. The summed E-state index contributed by atoms with van der Waals surface area (Å²) in [5, 5.41) is 3.35. The zero-order valence-corrected chi connectivity index (χ0v) is 10.6. The van der Waals surface area contributed by atoms with Gasteiger partial charge in [-0.2, -0.15) is 0 Å². The van der Waals surface area contributed by atoms with Gasteiger partial charge in [-0.3, -0.25) is 0 Å². The van der Waals surface area contributed by atoms with Gasteiger partial charge in [0.2, 0.25) is 0 Å². The quantitative estimate of drug-likeness (QED) is 0.671. The maximum Gasteiger partial charge on any atom is 0.119 e. The third-order valence-corrected chi connectivity index (χ3v) is 2.50. The van der Waals surface area contributed by atoms with Crippen LogP contribution in [0.25, 0.3) is 0 Å². The molecule has 0 heterocycles. The molecule has 0 fully saturated rings. The Kier molecular flexibility index (Phi) is 6.62. The molecular formula is C13H22N2O2. The van der Waals surface area contributed by atoms with Gasteiger partial charge in [0.25, 0.3) is 0 Å². The van der Waals surface area contributed by atoms with E-state index in [9.17, 15) is 0 Å². The fourth-order valence-electron chi connectivity index (χ4n) is 1.66. The lowest BCUT2D eigenvalue weighted by Crippen LogP contribution is -2.30. The molecule has 0 aromatic heterocycles. The fourth-order valence-corrected chi connectivity index (χ4v) is 1.66.